The highest BCUT2D eigenvalue weighted by Crippen LogP contribution is 2.22. The summed E-state index contributed by atoms with van der Waals surface area (Å²) in [5, 5.41) is 0.598. The van der Waals surface area contributed by atoms with Crippen LogP contribution in [0.3, 0.4) is 0 Å². The molecule has 0 atom stereocenters. The number of aromatic amines is 1. The third-order valence-corrected chi connectivity index (χ3v) is 3.70. The fourth-order valence-electron chi connectivity index (χ4n) is 1.83. The summed E-state index contributed by atoms with van der Waals surface area (Å²) in [6, 6.07) is 1.88. The van der Waals surface area contributed by atoms with Gasteiger partial charge in [0, 0.05) is 4.88 Å². The Morgan fingerprint density at radius 1 is 1.47 bits per heavy atom. The summed E-state index contributed by atoms with van der Waals surface area (Å²) < 4.78 is 4.84. The van der Waals surface area contributed by atoms with E-state index in [4.69, 9.17) is 4.74 Å². The Kier molecular flexibility index (Phi) is 4.31. The molecule has 0 amide bonds. The Balaban J connectivity index is 2.32. The first-order valence-electron chi connectivity index (χ1n) is 6.31. The molecule has 19 heavy (non-hydrogen) atoms. The number of fused-ring (bicyclic) bond motifs is 1. The van der Waals surface area contributed by atoms with Gasteiger partial charge in [-0.05, 0) is 19.4 Å². The first-order chi connectivity index (χ1) is 9.13. The van der Waals surface area contributed by atoms with Crippen LogP contribution in [0.1, 0.15) is 31.0 Å². The van der Waals surface area contributed by atoms with Crippen LogP contribution in [0.5, 0.6) is 0 Å². The number of rotatable bonds is 5. The number of aromatic nitrogens is 2. The lowest BCUT2D eigenvalue weighted by Gasteiger charge is -2.01. The molecule has 0 aliphatic heterocycles. The summed E-state index contributed by atoms with van der Waals surface area (Å²) in [4.78, 5) is 32.1. The van der Waals surface area contributed by atoms with Gasteiger partial charge in [-0.15, -0.1) is 11.3 Å². The third kappa shape index (κ3) is 3.20. The van der Waals surface area contributed by atoms with E-state index in [0.29, 0.717) is 22.6 Å². The smallest absolute Gasteiger partial charge is 0.313 e. The van der Waals surface area contributed by atoms with E-state index in [9.17, 15) is 9.59 Å². The van der Waals surface area contributed by atoms with Crippen LogP contribution in [0.2, 0.25) is 0 Å². The van der Waals surface area contributed by atoms with Crippen molar-refractivity contribution in [2.24, 2.45) is 0 Å². The van der Waals surface area contributed by atoms with E-state index in [0.717, 1.165) is 17.7 Å². The number of thiophene rings is 1. The van der Waals surface area contributed by atoms with Crippen LogP contribution in [0.25, 0.3) is 10.2 Å². The van der Waals surface area contributed by atoms with Gasteiger partial charge in [0.2, 0.25) is 0 Å². The quantitative estimate of drug-likeness (QED) is 0.851. The fraction of sp³-hybridized carbons (Fsp3) is 0.462. The van der Waals surface area contributed by atoms with E-state index in [2.05, 4.69) is 16.9 Å². The molecule has 0 bridgehead atoms. The molecule has 0 fully saturated rings. The van der Waals surface area contributed by atoms with Crippen molar-refractivity contribution in [3.63, 3.8) is 0 Å². The Morgan fingerprint density at radius 3 is 2.95 bits per heavy atom. The normalized spacial score (nSPS) is 10.8. The second-order valence-electron chi connectivity index (χ2n) is 4.18. The zero-order valence-corrected chi connectivity index (χ0v) is 11.8. The Hall–Kier alpha value is -1.69. The molecular weight excluding hydrogens is 264 g/mol. The number of carbonyl (C=O) groups is 1. The van der Waals surface area contributed by atoms with E-state index < -0.39 is 0 Å². The molecule has 1 N–H and O–H groups in total. The second kappa shape index (κ2) is 5.97. The van der Waals surface area contributed by atoms with Crippen LogP contribution >= 0.6 is 11.3 Å². The zero-order valence-electron chi connectivity index (χ0n) is 11.0. The van der Waals surface area contributed by atoms with Crippen LogP contribution < -0.4 is 5.56 Å². The van der Waals surface area contributed by atoms with Crippen molar-refractivity contribution in [3.8, 4) is 0 Å². The van der Waals surface area contributed by atoms with E-state index in [1.54, 1.807) is 6.92 Å². The molecule has 102 valence electrons. The predicted octanol–water partition coefficient (Wildman–Crippen LogP) is 2.04. The highest BCUT2D eigenvalue weighted by Gasteiger charge is 2.11. The van der Waals surface area contributed by atoms with Gasteiger partial charge in [0.05, 0.1) is 12.0 Å². The van der Waals surface area contributed by atoms with Gasteiger partial charge in [-0.2, -0.15) is 0 Å². The lowest BCUT2D eigenvalue weighted by Crippen LogP contribution is -2.15. The minimum absolute atomic E-state index is 0.0000309. The standard InChI is InChI=1S/C13H16N2O3S/c1-3-5-8-6-9-12(17)14-10(15-13(9)19-8)7-11(16)18-4-2/h6H,3-5,7H2,1-2H3,(H,14,15,17). The number of nitrogens with zero attached hydrogens (tertiary/aromatic N) is 1. The molecule has 2 heterocycles. The molecule has 0 spiro atoms. The Labute approximate surface area is 114 Å². The van der Waals surface area contributed by atoms with Gasteiger partial charge in [-0.1, -0.05) is 13.3 Å². The van der Waals surface area contributed by atoms with E-state index in [-0.39, 0.29) is 17.9 Å². The van der Waals surface area contributed by atoms with Crippen molar-refractivity contribution in [3.05, 3.63) is 27.1 Å². The maximum atomic E-state index is 11.9. The molecule has 2 aromatic rings. The third-order valence-electron chi connectivity index (χ3n) is 2.62. The number of nitrogens with one attached hydrogen (secondary N) is 1. The van der Waals surface area contributed by atoms with E-state index in [1.165, 1.54) is 11.3 Å². The van der Waals surface area contributed by atoms with E-state index >= 15 is 0 Å². The summed E-state index contributed by atoms with van der Waals surface area (Å²) in [6.07, 6.45) is 1.97. The summed E-state index contributed by atoms with van der Waals surface area (Å²) in [5.41, 5.74) is -0.192. The van der Waals surface area contributed by atoms with Crippen LogP contribution in [-0.2, 0) is 22.4 Å². The Bertz CT molecular complexity index is 645. The minimum Gasteiger partial charge on any atom is -0.466 e. The summed E-state index contributed by atoms with van der Waals surface area (Å²) in [7, 11) is 0. The van der Waals surface area contributed by atoms with Crippen molar-refractivity contribution in [1.82, 2.24) is 9.97 Å². The molecular formula is C13H16N2O3S. The lowest BCUT2D eigenvalue weighted by molar-refractivity contribution is -0.142. The maximum Gasteiger partial charge on any atom is 0.313 e. The summed E-state index contributed by atoms with van der Waals surface area (Å²) in [6.45, 7) is 4.16. The molecule has 0 aromatic carbocycles. The number of ether oxygens (including phenoxy) is 1. The van der Waals surface area contributed by atoms with Gasteiger partial charge in [0.1, 0.15) is 17.1 Å². The number of carbonyl (C=O) groups excluding carboxylic acids is 1. The topological polar surface area (TPSA) is 72.0 Å². The molecule has 0 aliphatic rings. The zero-order chi connectivity index (χ0) is 13.8. The Morgan fingerprint density at radius 2 is 2.26 bits per heavy atom. The molecule has 0 saturated heterocycles. The fourth-order valence-corrected chi connectivity index (χ4v) is 2.98. The highest BCUT2D eigenvalue weighted by atomic mass is 32.1. The molecule has 6 heteroatoms. The molecule has 0 aliphatic carbocycles. The number of H-pyrrole nitrogens is 1. The number of esters is 1. The predicted molar refractivity (Wildman–Crippen MR) is 74.6 cm³/mol. The largest absolute Gasteiger partial charge is 0.466 e. The van der Waals surface area contributed by atoms with Gasteiger partial charge in [-0.25, -0.2) is 4.98 Å². The maximum absolute atomic E-state index is 11.9. The average molecular weight is 280 g/mol. The van der Waals surface area contributed by atoms with Gasteiger partial charge in [0.25, 0.3) is 5.56 Å². The molecule has 0 saturated carbocycles. The first-order valence-corrected chi connectivity index (χ1v) is 7.13. The SMILES string of the molecule is CCCc1cc2c(=O)[nH]c(CC(=O)OCC)nc2s1. The minimum atomic E-state index is -0.379. The van der Waals surface area contributed by atoms with Gasteiger partial charge in [-0.3, -0.25) is 9.59 Å². The van der Waals surface area contributed by atoms with Crippen molar-refractivity contribution in [1.29, 1.82) is 0 Å². The molecule has 2 aromatic heterocycles. The average Bonchev–Trinajstić information content (AvgIpc) is 2.73. The molecule has 0 radical (unpaired) electrons. The van der Waals surface area contributed by atoms with Crippen LogP contribution in [0.4, 0.5) is 0 Å². The lowest BCUT2D eigenvalue weighted by atomic mass is 10.2. The molecule has 5 nitrogen and oxygen atoms in total. The van der Waals surface area contributed by atoms with Gasteiger partial charge in [0.15, 0.2) is 0 Å². The number of aryl methyl sites for hydroxylation is 1. The van der Waals surface area contributed by atoms with Crippen molar-refractivity contribution >= 4 is 27.5 Å². The van der Waals surface area contributed by atoms with Crippen LogP contribution in [0.15, 0.2) is 10.9 Å². The van der Waals surface area contributed by atoms with Crippen molar-refractivity contribution in [2.75, 3.05) is 6.61 Å². The first kappa shape index (κ1) is 13.7. The van der Waals surface area contributed by atoms with Crippen LogP contribution in [-0.4, -0.2) is 22.5 Å². The molecule has 2 rings (SSSR count). The molecule has 0 unspecified atom stereocenters. The van der Waals surface area contributed by atoms with Gasteiger partial charge >= 0.3 is 5.97 Å². The van der Waals surface area contributed by atoms with Gasteiger partial charge < -0.3 is 9.72 Å². The second-order valence-corrected chi connectivity index (χ2v) is 5.29. The van der Waals surface area contributed by atoms with Crippen molar-refractivity contribution in [2.45, 2.75) is 33.1 Å². The summed E-state index contributed by atoms with van der Waals surface area (Å²) >= 11 is 1.51. The number of hydrogen-bond acceptors (Lipinski definition) is 5. The number of hydrogen-bond donors (Lipinski definition) is 1. The van der Waals surface area contributed by atoms with Crippen LogP contribution in [0, 0.1) is 0 Å². The van der Waals surface area contributed by atoms with E-state index in [1.807, 2.05) is 6.07 Å². The monoisotopic (exact) mass is 280 g/mol. The van der Waals surface area contributed by atoms with Crippen molar-refractivity contribution < 1.29 is 9.53 Å². The highest BCUT2D eigenvalue weighted by molar-refractivity contribution is 7.18. The summed E-state index contributed by atoms with van der Waals surface area (Å²) in [5.74, 6) is -0.0174.